The number of hydrogen-bond donors (Lipinski definition) is 1. The third-order valence-corrected chi connectivity index (χ3v) is 4.72. The van der Waals surface area contributed by atoms with Gasteiger partial charge in [-0.15, -0.1) is 0 Å². The van der Waals surface area contributed by atoms with Crippen molar-refractivity contribution in [1.29, 1.82) is 0 Å². The molecule has 1 amide bonds. The quantitative estimate of drug-likeness (QED) is 0.836. The van der Waals surface area contributed by atoms with Crippen LogP contribution in [0.5, 0.6) is 5.75 Å². The highest BCUT2D eigenvalue weighted by atomic mass is 35.5. The molecule has 0 aliphatic carbocycles. The average molecular weight is 374 g/mol. The van der Waals surface area contributed by atoms with Crippen molar-refractivity contribution >= 4 is 23.3 Å². The molecule has 1 fully saturated rings. The summed E-state index contributed by atoms with van der Waals surface area (Å²) in [7, 11) is 0. The van der Waals surface area contributed by atoms with Crippen molar-refractivity contribution in [1.82, 2.24) is 10.3 Å². The minimum atomic E-state index is -0.591. The number of nitrogens with zero attached hydrogens (tertiary/aromatic N) is 2. The number of aromatic nitrogens is 1. The van der Waals surface area contributed by atoms with Crippen LogP contribution >= 0.6 is 11.6 Å². The van der Waals surface area contributed by atoms with Crippen LogP contribution < -0.4 is 15.0 Å². The van der Waals surface area contributed by atoms with E-state index in [0.717, 1.165) is 24.5 Å². The van der Waals surface area contributed by atoms with E-state index >= 15 is 0 Å². The lowest BCUT2D eigenvalue weighted by molar-refractivity contribution is -0.127. The summed E-state index contributed by atoms with van der Waals surface area (Å²) in [5, 5.41) is 3.59. The van der Waals surface area contributed by atoms with Crippen LogP contribution in [-0.4, -0.2) is 30.1 Å². The van der Waals surface area contributed by atoms with Gasteiger partial charge in [0.2, 0.25) is 0 Å². The van der Waals surface area contributed by atoms with Gasteiger partial charge in [-0.1, -0.05) is 17.7 Å². The molecule has 26 heavy (non-hydrogen) atoms. The van der Waals surface area contributed by atoms with Crippen LogP contribution in [0.3, 0.4) is 0 Å². The minimum Gasteiger partial charge on any atom is -0.481 e. The number of hydrogen-bond acceptors (Lipinski definition) is 4. The van der Waals surface area contributed by atoms with E-state index in [1.54, 1.807) is 31.2 Å². The summed E-state index contributed by atoms with van der Waals surface area (Å²) < 4.78 is 5.67. The normalized spacial score (nSPS) is 15.4. The Balaban J connectivity index is 1.58. The molecule has 0 saturated carbocycles. The van der Waals surface area contributed by atoms with E-state index in [0.29, 0.717) is 17.3 Å². The molecule has 3 rings (SSSR count). The summed E-state index contributed by atoms with van der Waals surface area (Å²) >= 11 is 5.86. The number of anilines is 1. The van der Waals surface area contributed by atoms with Crippen LogP contribution in [-0.2, 0) is 11.3 Å². The Kier molecular flexibility index (Phi) is 6.34. The van der Waals surface area contributed by atoms with Gasteiger partial charge in [0.05, 0.1) is 0 Å². The monoisotopic (exact) mass is 373 g/mol. The molecule has 1 saturated heterocycles. The Labute approximate surface area is 159 Å². The molecular formula is C20H24ClN3O2. The molecule has 0 spiro atoms. The second-order valence-corrected chi connectivity index (χ2v) is 6.90. The fourth-order valence-electron chi connectivity index (χ4n) is 3.06. The first-order valence-electron chi connectivity index (χ1n) is 9.02. The number of piperidine rings is 1. The number of benzene rings is 1. The predicted molar refractivity (Wildman–Crippen MR) is 104 cm³/mol. The van der Waals surface area contributed by atoms with Crippen molar-refractivity contribution in [2.75, 3.05) is 18.0 Å². The smallest absolute Gasteiger partial charge is 0.261 e. The Morgan fingerprint density at radius 2 is 1.96 bits per heavy atom. The highest BCUT2D eigenvalue weighted by Gasteiger charge is 2.18. The number of carbonyl (C=O) groups is 1. The molecule has 1 aromatic heterocycles. The fraction of sp³-hybridized carbons (Fsp3) is 0.400. The summed E-state index contributed by atoms with van der Waals surface area (Å²) in [6.07, 6.45) is 4.87. The number of amides is 1. The summed E-state index contributed by atoms with van der Waals surface area (Å²) in [5.41, 5.74) is 1.03. The van der Waals surface area contributed by atoms with Crippen molar-refractivity contribution in [3.05, 3.63) is 53.2 Å². The SMILES string of the molecule is CC(Oc1ccc(Cl)cc1)C(=O)NCc1cccnc1N1CCCCC1. The van der Waals surface area contributed by atoms with Gasteiger partial charge in [-0.25, -0.2) is 4.98 Å². The Bertz CT molecular complexity index is 730. The third kappa shape index (κ3) is 4.88. The lowest BCUT2D eigenvalue weighted by atomic mass is 10.1. The summed E-state index contributed by atoms with van der Waals surface area (Å²) in [5.74, 6) is 1.43. The van der Waals surface area contributed by atoms with Crippen LogP contribution in [0, 0.1) is 0 Å². The first-order chi connectivity index (χ1) is 12.6. The van der Waals surface area contributed by atoms with Crippen molar-refractivity contribution in [3.63, 3.8) is 0 Å². The highest BCUT2D eigenvalue weighted by molar-refractivity contribution is 6.30. The molecule has 5 nitrogen and oxygen atoms in total. The topological polar surface area (TPSA) is 54.5 Å². The number of rotatable bonds is 6. The second kappa shape index (κ2) is 8.90. The Morgan fingerprint density at radius 1 is 1.23 bits per heavy atom. The van der Waals surface area contributed by atoms with Gasteiger partial charge in [-0.05, 0) is 56.5 Å². The van der Waals surface area contributed by atoms with Crippen molar-refractivity contribution in [3.8, 4) is 5.75 Å². The van der Waals surface area contributed by atoms with E-state index in [9.17, 15) is 4.79 Å². The largest absolute Gasteiger partial charge is 0.481 e. The fourth-order valence-corrected chi connectivity index (χ4v) is 3.18. The van der Waals surface area contributed by atoms with Gasteiger partial charge in [0.1, 0.15) is 11.6 Å². The van der Waals surface area contributed by atoms with Gasteiger partial charge >= 0.3 is 0 Å². The number of pyridine rings is 1. The molecule has 1 atom stereocenters. The zero-order valence-corrected chi connectivity index (χ0v) is 15.7. The van der Waals surface area contributed by atoms with Crippen molar-refractivity contribution in [2.45, 2.75) is 38.8 Å². The highest BCUT2D eigenvalue weighted by Crippen LogP contribution is 2.21. The lowest BCUT2D eigenvalue weighted by Crippen LogP contribution is -2.37. The Morgan fingerprint density at radius 3 is 2.69 bits per heavy atom. The first kappa shape index (κ1) is 18.5. The molecule has 0 bridgehead atoms. The van der Waals surface area contributed by atoms with Gasteiger partial charge in [0, 0.05) is 36.4 Å². The standard InChI is InChI=1S/C20H24ClN3O2/c1-15(26-18-9-7-17(21)8-10-18)20(25)23-14-16-6-5-11-22-19(16)24-12-3-2-4-13-24/h5-11,15H,2-4,12-14H2,1H3,(H,23,25). The molecule has 0 radical (unpaired) electrons. The van der Waals surface area contributed by atoms with Crippen LogP contribution in [0.25, 0.3) is 0 Å². The van der Waals surface area contributed by atoms with Crippen LogP contribution in [0.2, 0.25) is 5.02 Å². The summed E-state index contributed by atoms with van der Waals surface area (Å²) in [6, 6.07) is 10.9. The third-order valence-electron chi connectivity index (χ3n) is 4.47. The van der Waals surface area contributed by atoms with Gasteiger partial charge in [-0.3, -0.25) is 4.79 Å². The Hall–Kier alpha value is -2.27. The zero-order chi connectivity index (χ0) is 18.4. The van der Waals surface area contributed by atoms with Gasteiger partial charge in [0.15, 0.2) is 6.10 Å². The van der Waals surface area contributed by atoms with E-state index in [-0.39, 0.29) is 5.91 Å². The van der Waals surface area contributed by atoms with Gasteiger partial charge in [0.25, 0.3) is 5.91 Å². The number of carbonyl (C=O) groups excluding carboxylic acids is 1. The van der Waals surface area contributed by atoms with E-state index in [4.69, 9.17) is 16.3 Å². The first-order valence-corrected chi connectivity index (χ1v) is 9.40. The number of nitrogens with one attached hydrogen (secondary N) is 1. The summed E-state index contributed by atoms with van der Waals surface area (Å²) in [4.78, 5) is 19.2. The molecule has 1 N–H and O–H groups in total. The molecule has 1 aromatic carbocycles. The maximum Gasteiger partial charge on any atom is 0.261 e. The average Bonchev–Trinajstić information content (AvgIpc) is 2.68. The second-order valence-electron chi connectivity index (χ2n) is 6.47. The zero-order valence-electron chi connectivity index (χ0n) is 15.0. The maximum absolute atomic E-state index is 12.4. The van der Waals surface area contributed by atoms with Gasteiger partial charge in [-0.2, -0.15) is 0 Å². The van der Waals surface area contributed by atoms with E-state index in [1.807, 2.05) is 18.3 Å². The molecule has 6 heteroatoms. The summed E-state index contributed by atoms with van der Waals surface area (Å²) in [6.45, 7) is 4.22. The van der Waals surface area contributed by atoms with E-state index in [1.165, 1.54) is 19.3 Å². The predicted octanol–water partition coefficient (Wildman–Crippen LogP) is 3.81. The van der Waals surface area contributed by atoms with Crippen LogP contribution in [0.15, 0.2) is 42.6 Å². The molecule has 1 unspecified atom stereocenters. The molecule has 138 valence electrons. The lowest BCUT2D eigenvalue weighted by Gasteiger charge is -2.29. The van der Waals surface area contributed by atoms with E-state index in [2.05, 4.69) is 15.2 Å². The number of halogens is 1. The van der Waals surface area contributed by atoms with Crippen LogP contribution in [0.1, 0.15) is 31.7 Å². The molecule has 2 heterocycles. The molecular weight excluding hydrogens is 350 g/mol. The van der Waals surface area contributed by atoms with Crippen molar-refractivity contribution in [2.24, 2.45) is 0 Å². The van der Waals surface area contributed by atoms with Crippen molar-refractivity contribution < 1.29 is 9.53 Å². The van der Waals surface area contributed by atoms with Crippen LogP contribution in [0.4, 0.5) is 5.82 Å². The molecule has 1 aliphatic heterocycles. The molecule has 2 aromatic rings. The minimum absolute atomic E-state index is 0.159. The number of ether oxygens (including phenoxy) is 1. The van der Waals surface area contributed by atoms with E-state index < -0.39 is 6.10 Å². The molecule has 1 aliphatic rings. The van der Waals surface area contributed by atoms with Gasteiger partial charge < -0.3 is 15.0 Å². The maximum atomic E-state index is 12.4.